The second-order valence-corrected chi connectivity index (χ2v) is 5.80. The van der Waals surface area contributed by atoms with Crippen LogP contribution in [0, 0.1) is 0 Å². The lowest BCUT2D eigenvalue weighted by molar-refractivity contribution is 1.10. The zero-order chi connectivity index (χ0) is 14.7. The zero-order valence-electron chi connectivity index (χ0n) is 11.9. The summed E-state index contributed by atoms with van der Waals surface area (Å²) in [5, 5.41) is 0.959. The van der Waals surface area contributed by atoms with E-state index in [0.29, 0.717) is 6.54 Å². The lowest BCUT2D eigenvalue weighted by atomic mass is 10.1. The molecule has 0 aliphatic carbocycles. The van der Waals surface area contributed by atoms with Crippen molar-refractivity contribution in [2.45, 2.75) is 6.54 Å². The third-order valence-electron chi connectivity index (χ3n) is 3.35. The lowest BCUT2D eigenvalue weighted by Gasteiger charge is -2.15. The van der Waals surface area contributed by atoms with Gasteiger partial charge in [-0.1, -0.05) is 59.9 Å². The van der Waals surface area contributed by atoms with E-state index in [1.807, 2.05) is 43.4 Å². The SMILES string of the molecule is CN(c1ccccc1)c1nc(-c2ccccc2)c(CN)s1. The number of para-hydroxylation sites is 1. The predicted molar refractivity (Wildman–Crippen MR) is 89.9 cm³/mol. The van der Waals surface area contributed by atoms with Gasteiger partial charge < -0.3 is 10.6 Å². The van der Waals surface area contributed by atoms with Crippen LogP contribution in [-0.2, 0) is 6.54 Å². The molecule has 21 heavy (non-hydrogen) atoms. The number of thiazole rings is 1. The number of nitrogens with zero attached hydrogens (tertiary/aromatic N) is 2. The highest BCUT2D eigenvalue weighted by Gasteiger charge is 2.15. The van der Waals surface area contributed by atoms with E-state index in [1.165, 1.54) is 0 Å². The summed E-state index contributed by atoms with van der Waals surface area (Å²) in [6.45, 7) is 0.504. The van der Waals surface area contributed by atoms with Gasteiger partial charge in [0, 0.05) is 29.7 Å². The van der Waals surface area contributed by atoms with E-state index in [1.54, 1.807) is 11.3 Å². The molecule has 2 N–H and O–H groups in total. The molecule has 106 valence electrons. The first-order chi connectivity index (χ1) is 10.3. The number of nitrogens with two attached hydrogens (primary N) is 1. The van der Waals surface area contributed by atoms with Crippen LogP contribution in [0.15, 0.2) is 60.7 Å². The molecule has 1 heterocycles. The lowest BCUT2D eigenvalue weighted by Crippen LogP contribution is -2.08. The predicted octanol–water partition coefficient (Wildman–Crippen LogP) is 4.04. The fourth-order valence-corrected chi connectivity index (χ4v) is 3.15. The van der Waals surface area contributed by atoms with Crippen LogP contribution in [0.25, 0.3) is 11.3 Å². The van der Waals surface area contributed by atoms with Gasteiger partial charge in [0.05, 0.1) is 5.69 Å². The maximum atomic E-state index is 5.89. The molecule has 4 heteroatoms. The van der Waals surface area contributed by atoms with Gasteiger partial charge in [-0.2, -0.15) is 0 Å². The Bertz CT molecular complexity index is 707. The van der Waals surface area contributed by atoms with E-state index in [0.717, 1.165) is 27.0 Å². The minimum Gasteiger partial charge on any atom is -0.326 e. The van der Waals surface area contributed by atoms with Crippen molar-refractivity contribution in [3.05, 3.63) is 65.5 Å². The van der Waals surface area contributed by atoms with E-state index in [4.69, 9.17) is 10.7 Å². The standard InChI is InChI=1S/C17H17N3S/c1-20(14-10-6-3-7-11-14)17-19-16(15(12-18)21-17)13-8-4-2-5-9-13/h2-11H,12,18H2,1H3. The van der Waals surface area contributed by atoms with Crippen molar-refractivity contribution in [1.82, 2.24) is 4.98 Å². The highest BCUT2D eigenvalue weighted by molar-refractivity contribution is 7.16. The number of hydrogen-bond donors (Lipinski definition) is 1. The normalized spacial score (nSPS) is 10.6. The van der Waals surface area contributed by atoms with Crippen molar-refractivity contribution in [3.8, 4) is 11.3 Å². The number of rotatable bonds is 4. The highest BCUT2D eigenvalue weighted by Crippen LogP contribution is 2.35. The smallest absolute Gasteiger partial charge is 0.190 e. The van der Waals surface area contributed by atoms with Crippen molar-refractivity contribution in [2.75, 3.05) is 11.9 Å². The fourth-order valence-electron chi connectivity index (χ4n) is 2.20. The molecule has 2 aromatic carbocycles. The Balaban J connectivity index is 2.00. The van der Waals surface area contributed by atoms with Crippen LogP contribution in [0.2, 0.25) is 0 Å². The Kier molecular flexibility index (Phi) is 3.99. The molecular formula is C17H17N3S. The van der Waals surface area contributed by atoms with E-state index in [9.17, 15) is 0 Å². The summed E-state index contributed by atoms with van der Waals surface area (Å²) in [7, 11) is 2.03. The summed E-state index contributed by atoms with van der Waals surface area (Å²) in [6.07, 6.45) is 0. The molecule has 3 aromatic rings. The van der Waals surface area contributed by atoms with Crippen molar-refractivity contribution in [3.63, 3.8) is 0 Å². The molecule has 0 bridgehead atoms. The molecule has 0 atom stereocenters. The van der Waals surface area contributed by atoms with Crippen LogP contribution in [0.3, 0.4) is 0 Å². The molecule has 0 aliphatic rings. The van der Waals surface area contributed by atoms with Crippen LogP contribution in [0.5, 0.6) is 0 Å². The Hall–Kier alpha value is -2.17. The van der Waals surface area contributed by atoms with E-state index in [-0.39, 0.29) is 0 Å². The van der Waals surface area contributed by atoms with Crippen LogP contribution in [0.4, 0.5) is 10.8 Å². The van der Waals surface area contributed by atoms with Gasteiger partial charge in [0.25, 0.3) is 0 Å². The summed E-state index contributed by atoms with van der Waals surface area (Å²) >= 11 is 1.65. The molecular weight excluding hydrogens is 278 g/mol. The van der Waals surface area contributed by atoms with Crippen molar-refractivity contribution in [1.29, 1.82) is 0 Å². The monoisotopic (exact) mass is 295 g/mol. The average molecular weight is 295 g/mol. The Morgan fingerprint density at radius 2 is 1.62 bits per heavy atom. The third kappa shape index (κ3) is 2.82. The number of anilines is 2. The van der Waals surface area contributed by atoms with Gasteiger partial charge in [-0.3, -0.25) is 0 Å². The average Bonchev–Trinajstić information content (AvgIpc) is 3.00. The summed E-state index contributed by atoms with van der Waals surface area (Å²) < 4.78 is 0. The van der Waals surface area contributed by atoms with Crippen LogP contribution in [-0.4, -0.2) is 12.0 Å². The first-order valence-electron chi connectivity index (χ1n) is 6.83. The quantitative estimate of drug-likeness (QED) is 0.790. The molecule has 0 aliphatic heterocycles. The van der Waals surface area contributed by atoms with Gasteiger partial charge in [-0.25, -0.2) is 4.98 Å². The van der Waals surface area contributed by atoms with Gasteiger partial charge in [-0.15, -0.1) is 0 Å². The zero-order valence-corrected chi connectivity index (χ0v) is 12.7. The van der Waals surface area contributed by atoms with Gasteiger partial charge in [0.15, 0.2) is 5.13 Å². The minimum atomic E-state index is 0.504. The molecule has 0 fully saturated rings. The summed E-state index contributed by atoms with van der Waals surface area (Å²) in [6, 6.07) is 20.4. The second-order valence-electron chi connectivity index (χ2n) is 4.73. The molecule has 0 saturated carbocycles. The van der Waals surface area contributed by atoms with Crippen LogP contribution < -0.4 is 10.6 Å². The first kappa shape index (κ1) is 13.8. The topological polar surface area (TPSA) is 42.2 Å². The van der Waals surface area contributed by atoms with Crippen molar-refractivity contribution in [2.24, 2.45) is 5.73 Å². The molecule has 1 aromatic heterocycles. The molecule has 0 radical (unpaired) electrons. The second kappa shape index (κ2) is 6.08. The molecule has 0 unspecified atom stereocenters. The Morgan fingerprint density at radius 1 is 1.00 bits per heavy atom. The number of benzene rings is 2. The van der Waals surface area contributed by atoms with Crippen LogP contribution >= 0.6 is 11.3 Å². The maximum Gasteiger partial charge on any atom is 0.190 e. The molecule has 0 spiro atoms. The molecule has 0 saturated heterocycles. The molecule has 3 rings (SSSR count). The van der Waals surface area contributed by atoms with Gasteiger partial charge in [-0.05, 0) is 12.1 Å². The van der Waals surface area contributed by atoms with Crippen LogP contribution in [0.1, 0.15) is 4.88 Å². The van der Waals surface area contributed by atoms with E-state index in [2.05, 4.69) is 29.2 Å². The summed E-state index contributed by atoms with van der Waals surface area (Å²) in [4.78, 5) is 8.00. The van der Waals surface area contributed by atoms with Gasteiger partial charge >= 0.3 is 0 Å². The van der Waals surface area contributed by atoms with Gasteiger partial charge in [0.2, 0.25) is 0 Å². The van der Waals surface area contributed by atoms with Crippen molar-refractivity contribution < 1.29 is 0 Å². The van der Waals surface area contributed by atoms with Gasteiger partial charge in [0.1, 0.15) is 0 Å². The minimum absolute atomic E-state index is 0.504. The molecule has 0 amide bonds. The van der Waals surface area contributed by atoms with E-state index < -0.39 is 0 Å². The largest absolute Gasteiger partial charge is 0.326 e. The number of hydrogen-bond acceptors (Lipinski definition) is 4. The third-order valence-corrected chi connectivity index (χ3v) is 4.50. The fraction of sp³-hybridized carbons (Fsp3) is 0.118. The Morgan fingerprint density at radius 3 is 2.24 bits per heavy atom. The highest BCUT2D eigenvalue weighted by atomic mass is 32.1. The van der Waals surface area contributed by atoms with E-state index >= 15 is 0 Å². The molecule has 3 nitrogen and oxygen atoms in total. The first-order valence-corrected chi connectivity index (χ1v) is 7.65. The Labute approximate surface area is 128 Å². The van der Waals surface area contributed by atoms with Crippen molar-refractivity contribution >= 4 is 22.2 Å². The summed E-state index contributed by atoms with van der Waals surface area (Å²) in [5.74, 6) is 0. The maximum absolute atomic E-state index is 5.89. The number of aromatic nitrogens is 1. The summed E-state index contributed by atoms with van der Waals surface area (Å²) in [5.41, 5.74) is 9.11.